The topological polar surface area (TPSA) is 82.7 Å². The van der Waals surface area contributed by atoms with E-state index in [2.05, 4.69) is 15.0 Å². The first kappa shape index (κ1) is 15.5. The Balaban J connectivity index is 1.69. The predicted molar refractivity (Wildman–Crippen MR) is 84.1 cm³/mol. The maximum atomic E-state index is 11.0. The van der Waals surface area contributed by atoms with Gasteiger partial charge in [-0.3, -0.25) is 4.90 Å². The fourth-order valence-electron chi connectivity index (χ4n) is 2.76. The summed E-state index contributed by atoms with van der Waals surface area (Å²) < 4.78 is 5.38. The van der Waals surface area contributed by atoms with E-state index >= 15 is 0 Å². The molecule has 1 fully saturated rings. The van der Waals surface area contributed by atoms with Crippen LogP contribution >= 0.6 is 0 Å². The molecule has 1 N–H and O–H groups in total. The molecular weight excluding hydrogens is 296 g/mol. The number of carboxylic acid groups (broad SMARTS) is 1. The molecule has 1 amide bonds. The van der Waals surface area contributed by atoms with Crippen molar-refractivity contribution in [3.8, 4) is 11.5 Å². The second-order valence-corrected chi connectivity index (χ2v) is 5.81. The largest absolute Gasteiger partial charge is 0.465 e. The molecule has 23 heavy (non-hydrogen) atoms. The number of nitrogens with zero attached hydrogens (tertiary/aromatic N) is 4. The fourth-order valence-corrected chi connectivity index (χ4v) is 2.76. The SMILES string of the molecule is Cc1cccc(-c2nc([C@H](C)N3CCN(C(=O)O)CC3)no2)c1. The molecule has 1 saturated heterocycles. The Labute approximate surface area is 134 Å². The number of benzene rings is 1. The Morgan fingerprint density at radius 2 is 2.04 bits per heavy atom. The number of aryl methyl sites for hydroxylation is 1. The van der Waals surface area contributed by atoms with Crippen LogP contribution in [0.1, 0.15) is 24.4 Å². The molecule has 3 rings (SSSR count). The summed E-state index contributed by atoms with van der Waals surface area (Å²) in [6.07, 6.45) is -0.862. The molecule has 0 unspecified atom stereocenters. The van der Waals surface area contributed by atoms with E-state index in [9.17, 15) is 4.79 Å². The van der Waals surface area contributed by atoms with Gasteiger partial charge in [-0.15, -0.1) is 0 Å². The zero-order chi connectivity index (χ0) is 16.4. The van der Waals surface area contributed by atoms with Crippen molar-refractivity contribution in [3.63, 3.8) is 0 Å². The van der Waals surface area contributed by atoms with Gasteiger partial charge in [0.05, 0.1) is 6.04 Å². The van der Waals surface area contributed by atoms with Crippen LogP contribution in [0, 0.1) is 6.92 Å². The first-order chi connectivity index (χ1) is 11.0. The van der Waals surface area contributed by atoms with Crippen LogP contribution < -0.4 is 0 Å². The molecule has 0 saturated carbocycles. The highest BCUT2D eigenvalue weighted by Crippen LogP contribution is 2.23. The first-order valence-electron chi connectivity index (χ1n) is 7.67. The van der Waals surface area contributed by atoms with Gasteiger partial charge < -0.3 is 14.5 Å². The summed E-state index contributed by atoms with van der Waals surface area (Å²) in [5.74, 6) is 1.14. The summed E-state index contributed by atoms with van der Waals surface area (Å²) in [5.41, 5.74) is 2.05. The van der Waals surface area contributed by atoms with Gasteiger partial charge in [-0.05, 0) is 26.0 Å². The smallest absolute Gasteiger partial charge is 0.407 e. The Morgan fingerprint density at radius 1 is 1.30 bits per heavy atom. The van der Waals surface area contributed by atoms with Crippen LogP contribution in [0.2, 0.25) is 0 Å². The van der Waals surface area contributed by atoms with Crippen LogP contribution in [0.3, 0.4) is 0 Å². The van der Waals surface area contributed by atoms with Gasteiger partial charge in [-0.25, -0.2) is 4.79 Å². The molecule has 1 aliphatic rings. The van der Waals surface area contributed by atoms with Crippen LogP contribution in [0.25, 0.3) is 11.5 Å². The van der Waals surface area contributed by atoms with E-state index in [1.54, 1.807) is 0 Å². The van der Waals surface area contributed by atoms with Crippen molar-refractivity contribution >= 4 is 6.09 Å². The van der Waals surface area contributed by atoms with Crippen molar-refractivity contribution in [1.29, 1.82) is 0 Å². The third-order valence-corrected chi connectivity index (χ3v) is 4.21. The number of amides is 1. The van der Waals surface area contributed by atoms with E-state index in [4.69, 9.17) is 9.63 Å². The molecule has 2 heterocycles. The van der Waals surface area contributed by atoms with Crippen molar-refractivity contribution in [2.75, 3.05) is 26.2 Å². The summed E-state index contributed by atoms with van der Waals surface area (Å²) in [6, 6.07) is 7.93. The summed E-state index contributed by atoms with van der Waals surface area (Å²) in [7, 11) is 0. The molecule has 0 bridgehead atoms. The van der Waals surface area contributed by atoms with Gasteiger partial charge in [0.2, 0.25) is 0 Å². The molecule has 122 valence electrons. The molecule has 0 radical (unpaired) electrons. The lowest BCUT2D eigenvalue weighted by Gasteiger charge is -2.35. The zero-order valence-electron chi connectivity index (χ0n) is 13.3. The minimum atomic E-state index is -0.862. The quantitative estimate of drug-likeness (QED) is 0.936. The average molecular weight is 316 g/mol. The molecular formula is C16H20N4O3. The summed E-state index contributed by atoms with van der Waals surface area (Å²) >= 11 is 0. The molecule has 7 heteroatoms. The Hall–Kier alpha value is -2.41. The van der Waals surface area contributed by atoms with Gasteiger partial charge in [-0.1, -0.05) is 22.9 Å². The van der Waals surface area contributed by atoms with Crippen LogP contribution in [-0.4, -0.2) is 57.3 Å². The minimum absolute atomic E-state index is 0.00625. The van der Waals surface area contributed by atoms with Gasteiger partial charge in [0, 0.05) is 31.7 Å². The number of hydrogen-bond donors (Lipinski definition) is 1. The Kier molecular flexibility index (Phi) is 4.29. The van der Waals surface area contributed by atoms with E-state index in [0.717, 1.165) is 11.1 Å². The standard InChI is InChI=1S/C16H20N4O3/c1-11-4-3-5-13(10-11)15-17-14(18-23-15)12(2)19-6-8-20(9-7-19)16(21)22/h3-5,10,12H,6-9H2,1-2H3,(H,21,22)/t12-/m0/s1. The highest BCUT2D eigenvalue weighted by atomic mass is 16.5. The minimum Gasteiger partial charge on any atom is -0.465 e. The average Bonchev–Trinajstić information content (AvgIpc) is 3.04. The normalized spacial score (nSPS) is 17.2. The van der Waals surface area contributed by atoms with Crippen molar-refractivity contribution < 1.29 is 14.4 Å². The molecule has 0 spiro atoms. The van der Waals surface area contributed by atoms with Gasteiger partial charge >= 0.3 is 6.09 Å². The second kappa shape index (κ2) is 6.37. The number of piperazine rings is 1. The van der Waals surface area contributed by atoms with Crippen LogP contribution in [-0.2, 0) is 0 Å². The Bertz CT molecular complexity index is 692. The second-order valence-electron chi connectivity index (χ2n) is 5.81. The van der Waals surface area contributed by atoms with E-state index < -0.39 is 6.09 Å². The van der Waals surface area contributed by atoms with Crippen LogP contribution in [0.4, 0.5) is 4.79 Å². The van der Waals surface area contributed by atoms with Crippen molar-refractivity contribution in [2.45, 2.75) is 19.9 Å². The van der Waals surface area contributed by atoms with E-state index in [1.165, 1.54) is 4.90 Å². The van der Waals surface area contributed by atoms with E-state index in [-0.39, 0.29) is 6.04 Å². The molecule has 7 nitrogen and oxygen atoms in total. The summed E-state index contributed by atoms with van der Waals surface area (Å²) in [5, 5.41) is 13.1. The van der Waals surface area contributed by atoms with Gasteiger partial charge in [0.1, 0.15) is 0 Å². The lowest BCUT2D eigenvalue weighted by atomic mass is 10.1. The number of carbonyl (C=O) groups is 1. The summed E-state index contributed by atoms with van der Waals surface area (Å²) in [4.78, 5) is 19.1. The summed E-state index contributed by atoms with van der Waals surface area (Å²) in [6.45, 7) is 6.38. The highest BCUT2D eigenvalue weighted by Gasteiger charge is 2.27. The molecule has 1 aromatic carbocycles. The molecule has 2 aromatic rings. The predicted octanol–water partition coefficient (Wildman–Crippen LogP) is 2.40. The van der Waals surface area contributed by atoms with Gasteiger partial charge in [-0.2, -0.15) is 4.98 Å². The maximum Gasteiger partial charge on any atom is 0.407 e. The van der Waals surface area contributed by atoms with Crippen molar-refractivity contribution in [1.82, 2.24) is 19.9 Å². The molecule has 1 aromatic heterocycles. The van der Waals surface area contributed by atoms with E-state index in [1.807, 2.05) is 38.1 Å². The van der Waals surface area contributed by atoms with Crippen molar-refractivity contribution in [2.24, 2.45) is 0 Å². The third kappa shape index (κ3) is 3.34. The lowest BCUT2D eigenvalue weighted by Crippen LogP contribution is -2.49. The maximum absolute atomic E-state index is 11.0. The number of hydrogen-bond acceptors (Lipinski definition) is 5. The molecule has 1 atom stereocenters. The molecule has 0 aliphatic carbocycles. The monoisotopic (exact) mass is 316 g/mol. The molecule has 1 aliphatic heterocycles. The Morgan fingerprint density at radius 3 is 2.70 bits per heavy atom. The lowest BCUT2D eigenvalue weighted by molar-refractivity contribution is 0.0863. The van der Waals surface area contributed by atoms with Crippen molar-refractivity contribution in [3.05, 3.63) is 35.7 Å². The third-order valence-electron chi connectivity index (χ3n) is 4.21. The van der Waals surface area contributed by atoms with Crippen LogP contribution in [0.15, 0.2) is 28.8 Å². The number of aromatic nitrogens is 2. The first-order valence-corrected chi connectivity index (χ1v) is 7.67. The van der Waals surface area contributed by atoms with Crippen LogP contribution in [0.5, 0.6) is 0 Å². The zero-order valence-corrected chi connectivity index (χ0v) is 13.3. The highest BCUT2D eigenvalue weighted by molar-refractivity contribution is 5.65. The number of rotatable bonds is 3. The fraction of sp³-hybridized carbons (Fsp3) is 0.438. The van der Waals surface area contributed by atoms with Gasteiger partial charge in [0.25, 0.3) is 5.89 Å². The van der Waals surface area contributed by atoms with E-state index in [0.29, 0.717) is 37.9 Å². The van der Waals surface area contributed by atoms with Gasteiger partial charge in [0.15, 0.2) is 5.82 Å².